The van der Waals surface area contributed by atoms with Crippen LogP contribution in [0, 0.1) is 0 Å². The molecule has 2 N–H and O–H groups in total. The zero-order valence-electron chi connectivity index (χ0n) is 15.5. The largest absolute Gasteiger partial charge is 0.497 e. The van der Waals surface area contributed by atoms with Gasteiger partial charge in [-0.2, -0.15) is 0 Å². The molecule has 0 atom stereocenters. The summed E-state index contributed by atoms with van der Waals surface area (Å²) in [5, 5.41) is 6.64. The number of nitrogens with zero attached hydrogens (tertiary/aromatic N) is 1. The van der Waals surface area contributed by atoms with Crippen molar-refractivity contribution in [2.45, 2.75) is 6.54 Å². The average Bonchev–Trinajstić information content (AvgIpc) is 2.73. The molecule has 0 bridgehead atoms. The Morgan fingerprint density at radius 1 is 1.07 bits per heavy atom. The maximum absolute atomic E-state index is 12.5. The van der Waals surface area contributed by atoms with E-state index in [1.807, 2.05) is 30.3 Å². The van der Waals surface area contributed by atoms with Gasteiger partial charge in [0.1, 0.15) is 17.3 Å². The summed E-state index contributed by atoms with van der Waals surface area (Å²) in [5.41, 5.74) is 2.05. The fourth-order valence-electron chi connectivity index (χ4n) is 2.60. The monoisotopic (exact) mass is 397 g/mol. The Labute approximate surface area is 168 Å². The molecule has 2 aromatic carbocycles. The van der Waals surface area contributed by atoms with Gasteiger partial charge in [0.15, 0.2) is 0 Å². The normalized spacial score (nSPS) is 10.2. The Morgan fingerprint density at radius 2 is 1.89 bits per heavy atom. The molecule has 0 radical (unpaired) electrons. The molecule has 144 valence electrons. The summed E-state index contributed by atoms with van der Waals surface area (Å²) in [6.07, 6.45) is 1.57. The van der Waals surface area contributed by atoms with Crippen LogP contribution in [0.25, 0.3) is 0 Å². The third kappa shape index (κ3) is 4.72. The molecule has 7 heteroatoms. The Hall–Kier alpha value is -3.25. The lowest BCUT2D eigenvalue weighted by molar-refractivity contribution is 0.0951. The van der Waals surface area contributed by atoms with E-state index in [9.17, 15) is 4.79 Å². The van der Waals surface area contributed by atoms with Crippen molar-refractivity contribution < 1.29 is 14.3 Å². The molecule has 0 spiro atoms. The molecule has 0 aliphatic rings. The molecule has 0 aliphatic heterocycles. The number of pyridine rings is 1. The zero-order chi connectivity index (χ0) is 19.9. The van der Waals surface area contributed by atoms with Gasteiger partial charge in [-0.3, -0.25) is 4.79 Å². The maximum atomic E-state index is 12.5. The zero-order valence-corrected chi connectivity index (χ0v) is 16.3. The van der Waals surface area contributed by atoms with Gasteiger partial charge in [0.25, 0.3) is 5.91 Å². The van der Waals surface area contributed by atoms with E-state index in [1.165, 1.54) is 0 Å². The van der Waals surface area contributed by atoms with Gasteiger partial charge in [-0.1, -0.05) is 29.8 Å². The van der Waals surface area contributed by atoms with Crippen LogP contribution in [0.5, 0.6) is 11.5 Å². The molecule has 6 nitrogen and oxygen atoms in total. The van der Waals surface area contributed by atoms with Crippen molar-refractivity contribution in [3.63, 3.8) is 0 Å². The smallest absolute Gasteiger partial charge is 0.251 e. The van der Waals surface area contributed by atoms with E-state index in [0.29, 0.717) is 40.1 Å². The molecular weight excluding hydrogens is 378 g/mol. The minimum Gasteiger partial charge on any atom is -0.497 e. The number of anilines is 2. The highest BCUT2D eigenvalue weighted by Crippen LogP contribution is 2.31. The van der Waals surface area contributed by atoms with Crippen LogP contribution >= 0.6 is 11.6 Å². The topological polar surface area (TPSA) is 72.5 Å². The Bertz CT molecular complexity index is 979. The first-order chi connectivity index (χ1) is 13.6. The number of hydrogen-bond donors (Lipinski definition) is 2. The minimum atomic E-state index is -0.216. The van der Waals surface area contributed by atoms with Gasteiger partial charge in [0.2, 0.25) is 0 Å². The van der Waals surface area contributed by atoms with Crippen molar-refractivity contribution in [1.29, 1.82) is 0 Å². The quantitative estimate of drug-likeness (QED) is 0.617. The summed E-state index contributed by atoms with van der Waals surface area (Å²) < 4.78 is 10.6. The van der Waals surface area contributed by atoms with E-state index >= 15 is 0 Å². The van der Waals surface area contributed by atoms with Crippen LogP contribution in [-0.2, 0) is 6.54 Å². The number of halogens is 1. The molecule has 1 heterocycles. The lowest BCUT2D eigenvalue weighted by atomic mass is 10.2. The first-order valence-electron chi connectivity index (χ1n) is 8.57. The standard InChI is InChI=1S/C21H20ClN3O3/c1-27-16-7-8-18(19(12-16)28-2)25-20-11-14(9-10-23-20)21(26)24-13-15-5-3-4-6-17(15)22/h3-12H,13H2,1-2H3,(H,23,25)(H,24,26). The van der Waals surface area contributed by atoms with Crippen LogP contribution in [0.4, 0.5) is 11.5 Å². The molecule has 0 saturated heterocycles. The first-order valence-corrected chi connectivity index (χ1v) is 8.95. The predicted octanol–water partition coefficient (Wildman–Crippen LogP) is 4.43. The highest BCUT2D eigenvalue weighted by Gasteiger charge is 2.10. The van der Waals surface area contributed by atoms with Gasteiger partial charge in [-0.05, 0) is 35.9 Å². The van der Waals surface area contributed by atoms with Crippen molar-refractivity contribution in [3.8, 4) is 11.5 Å². The third-order valence-corrected chi connectivity index (χ3v) is 4.46. The summed E-state index contributed by atoms with van der Waals surface area (Å²) in [5.74, 6) is 1.60. The van der Waals surface area contributed by atoms with E-state index in [-0.39, 0.29) is 5.91 Å². The van der Waals surface area contributed by atoms with Gasteiger partial charge in [0.05, 0.1) is 19.9 Å². The molecule has 3 rings (SSSR count). The lowest BCUT2D eigenvalue weighted by Crippen LogP contribution is -2.23. The maximum Gasteiger partial charge on any atom is 0.251 e. The number of nitrogens with one attached hydrogen (secondary N) is 2. The molecule has 0 fully saturated rings. The fraction of sp³-hybridized carbons (Fsp3) is 0.143. The summed E-state index contributed by atoms with van der Waals surface area (Å²) in [6, 6.07) is 16.1. The van der Waals surface area contributed by atoms with Crippen LogP contribution in [0.15, 0.2) is 60.8 Å². The first kappa shape index (κ1) is 19.5. The van der Waals surface area contributed by atoms with Crippen LogP contribution in [0.1, 0.15) is 15.9 Å². The summed E-state index contributed by atoms with van der Waals surface area (Å²) in [7, 11) is 3.17. The van der Waals surface area contributed by atoms with Gasteiger partial charge in [-0.15, -0.1) is 0 Å². The van der Waals surface area contributed by atoms with Crippen LogP contribution in [-0.4, -0.2) is 25.1 Å². The number of amides is 1. The Morgan fingerprint density at radius 3 is 2.64 bits per heavy atom. The molecule has 3 aromatic rings. The molecule has 1 amide bonds. The molecule has 28 heavy (non-hydrogen) atoms. The van der Waals surface area contributed by atoms with Gasteiger partial charge in [-0.25, -0.2) is 4.98 Å². The van der Waals surface area contributed by atoms with E-state index in [0.717, 1.165) is 5.56 Å². The molecule has 0 aliphatic carbocycles. The second-order valence-corrected chi connectivity index (χ2v) is 6.30. The lowest BCUT2D eigenvalue weighted by Gasteiger charge is -2.13. The van der Waals surface area contributed by atoms with E-state index in [2.05, 4.69) is 15.6 Å². The second kappa shape index (κ2) is 9.10. The Balaban J connectivity index is 1.72. The number of methoxy groups -OCH3 is 2. The predicted molar refractivity (Wildman–Crippen MR) is 110 cm³/mol. The minimum absolute atomic E-state index is 0.216. The van der Waals surface area contributed by atoms with Crippen molar-refractivity contribution in [2.24, 2.45) is 0 Å². The number of carbonyl (C=O) groups is 1. The van der Waals surface area contributed by atoms with Crippen molar-refractivity contribution in [2.75, 3.05) is 19.5 Å². The van der Waals surface area contributed by atoms with Crippen LogP contribution in [0.3, 0.4) is 0 Å². The fourth-order valence-corrected chi connectivity index (χ4v) is 2.80. The van der Waals surface area contributed by atoms with E-state index in [1.54, 1.807) is 44.7 Å². The van der Waals surface area contributed by atoms with E-state index < -0.39 is 0 Å². The Kier molecular flexibility index (Phi) is 6.34. The second-order valence-electron chi connectivity index (χ2n) is 5.90. The highest BCUT2D eigenvalue weighted by atomic mass is 35.5. The van der Waals surface area contributed by atoms with Crippen molar-refractivity contribution >= 4 is 29.0 Å². The van der Waals surface area contributed by atoms with Gasteiger partial charge >= 0.3 is 0 Å². The summed E-state index contributed by atoms with van der Waals surface area (Å²) in [6.45, 7) is 0.343. The molecule has 0 saturated carbocycles. The molecule has 1 aromatic heterocycles. The van der Waals surface area contributed by atoms with Crippen LogP contribution < -0.4 is 20.1 Å². The summed E-state index contributed by atoms with van der Waals surface area (Å²) in [4.78, 5) is 16.8. The molecule has 0 unspecified atom stereocenters. The number of carbonyl (C=O) groups excluding carboxylic acids is 1. The third-order valence-electron chi connectivity index (χ3n) is 4.09. The number of aromatic nitrogens is 1. The molecular formula is C21H20ClN3O3. The van der Waals surface area contributed by atoms with Gasteiger partial charge < -0.3 is 20.1 Å². The van der Waals surface area contributed by atoms with Crippen molar-refractivity contribution in [3.05, 3.63) is 76.9 Å². The average molecular weight is 398 g/mol. The number of ether oxygens (including phenoxy) is 2. The SMILES string of the molecule is COc1ccc(Nc2cc(C(=O)NCc3ccccc3Cl)ccn2)c(OC)c1. The number of hydrogen-bond acceptors (Lipinski definition) is 5. The van der Waals surface area contributed by atoms with Crippen LogP contribution in [0.2, 0.25) is 5.02 Å². The number of rotatable bonds is 7. The highest BCUT2D eigenvalue weighted by molar-refractivity contribution is 6.31. The van der Waals surface area contributed by atoms with Crippen molar-refractivity contribution in [1.82, 2.24) is 10.3 Å². The number of benzene rings is 2. The summed E-state index contributed by atoms with van der Waals surface area (Å²) >= 11 is 6.13. The van der Waals surface area contributed by atoms with E-state index in [4.69, 9.17) is 21.1 Å². The van der Waals surface area contributed by atoms with Gasteiger partial charge in [0, 0.05) is 29.4 Å².